The van der Waals surface area contributed by atoms with E-state index < -0.39 is 0 Å². The molecule has 0 spiro atoms. The van der Waals surface area contributed by atoms with E-state index in [0.717, 1.165) is 60.5 Å². The van der Waals surface area contributed by atoms with Gasteiger partial charge in [-0.2, -0.15) is 0 Å². The van der Waals surface area contributed by atoms with E-state index in [-0.39, 0.29) is 0 Å². The molecule has 0 radical (unpaired) electrons. The Kier molecular flexibility index (Phi) is 6.43. The van der Waals surface area contributed by atoms with Crippen molar-refractivity contribution in [2.24, 2.45) is 0 Å². The fourth-order valence-electron chi connectivity index (χ4n) is 6.60. The summed E-state index contributed by atoms with van der Waals surface area (Å²) in [6, 6.07) is 56.2. The van der Waals surface area contributed by atoms with Crippen molar-refractivity contribution in [3.63, 3.8) is 0 Å². The van der Waals surface area contributed by atoms with Gasteiger partial charge in [0.25, 0.3) is 0 Å². The van der Waals surface area contributed by atoms with Gasteiger partial charge in [0.05, 0.1) is 0 Å². The Morgan fingerprint density at radius 1 is 0.319 bits per heavy atom. The van der Waals surface area contributed by atoms with Crippen LogP contribution in [0.4, 0.5) is 0 Å². The standard InChI is InChI=1S/C43H27N3O/c1-4-14-28(15-5-1)31-24-25-35(34-21-11-10-20-33(31)34)42-44-41(30-18-8-3-9-19-30)45-43(46-42)40-32(29-16-6-2-7-17-29)26-27-38-39(40)36-22-12-13-23-37(36)47-38/h1-27H. The molecule has 4 nitrogen and oxygen atoms in total. The highest BCUT2D eigenvalue weighted by Gasteiger charge is 2.22. The molecule has 47 heavy (non-hydrogen) atoms. The number of aromatic nitrogens is 3. The van der Waals surface area contributed by atoms with Gasteiger partial charge in [-0.25, -0.2) is 15.0 Å². The van der Waals surface area contributed by atoms with Crippen molar-refractivity contribution in [3.05, 3.63) is 164 Å². The van der Waals surface area contributed by atoms with Crippen molar-refractivity contribution in [1.29, 1.82) is 0 Å². The minimum absolute atomic E-state index is 0.598. The molecule has 0 unspecified atom stereocenters. The smallest absolute Gasteiger partial charge is 0.165 e. The minimum Gasteiger partial charge on any atom is -0.456 e. The molecule has 0 bridgehead atoms. The van der Waals surface area contributed by atoms with Crippen LogP contribution in [0, 0.1) is 0 Å². The zero-order valence-electron chi connectivity index (χ0n) is 25.3. The second kappa shape index (κ2) is 11.2. The minimum atomic E-state index is 0.598. The molecule has 7 aromatic carbocycles. The van der Waals surface area contributed by atoms with Gasteiger partial charge in [0.1, 0.15) is 11.2 Å². The molecule has 0 fully saturated rings. The molecule has 220 valence electrons. The van der Waals surface area contributed by atoms with Crippen molar-refractivity contribution in [1.82, 2.24) is 15.0 Å². The molecule has 2 aromatic heterocycles. The molecule has 0 atom stereocenters. The molecule has 9 aromatic rings. The predicted molar refractivity (Wildman–Crippen MR) is 192 cm³/mol. The zero-order valence-corrected chi connectivity index (χ0v) is 25.3. The number of furan rings is 1. The van der Waals surface area contributed by atoms with E-state index in [1.165, 1.54) is 11.1 Å². The average Bonchev–Trinajstić information content (AvgIpc) is 3.54. The van der Waals surface area contributed by atoms with Crippen LogP contribution in [0.25, 0.3) is 89.1 Å². The highest BCUT2D eigenvalue weighted by molar-refractivity contribution is 6.15. The summed E-state index contributed by atoms with van der Waals surface area (Å²) in [6.45, 7) is 0. The molecule has 9 rings (SSSR count). The quantitative estimate of drug-likeness (QED) is 0.197. The highest BCUT2D eigenvalue weighted by Crippen LogP contribution is 2.43. The van der Waals surface area contributed by atoms with Gasteiger partial charge in [0.15, 0.2) is 17.5 Å². The van der Waals surface area contributed by atoms with E-state index in [1.54, 1.807) is 0 Å². The summed E-state index contributed by atoms with van der Waals surface area (Å²) in [5, 5.41) is 4.24. The normalized spacial score (nSPS) is 11.4. The van der Waals surface area contributed by atoms with Gasteiger partial charge < -0.3 is 4.42 Å². The largest absolute Gasteiger partial charge is 0.456 e. The lowest BCUT2D eigenvalue weighted by Gasteiger charge is -2.15. The van der Waals surface area contributed by atoms with Crippen molar-refractivity contribution in [2.75, 3.05) is 0 Å². The summed E-state index contributed by atoms with van der Waals surface area (Å²) in [7, 11) is 0. The Morgan fingerprint density at radius 2 is 0.809 bits per heavy atom. The first-order chi connectivity index (χ1) is 23.3. The Hall–Kier alpha value is -6.39. The van der Waals surface area contributed by atoms with E-state index in [0.29, 0.717) is 17.5 Å². The van der Waals surface area contributed by atoms with Gasteiger partial charge in [-0.05, 0) is 57.3 Å². The highest BCUT2D eigenvalue weighted by atomic mass is 16.3. The molecule has 2 heterocycles. The first-order valence-electron chi connectivity index (χ1n) is 15.7. The molecule has 0 aliphatic carbocycles. The van der Waals surface area contributed by atoms with Crippen LogP contribution in [0.3, 0.4) is 0 Å². The van der Waals surface area contributed by atoms with E-state index in [4.69, 9.17) is 19.4 Å². The molecule has 0 amide bonds. The topological polar surface area (TPSA) is 51.8 Å². The van der Waals surface area contributed by atoms with E-state index in [2.05, 4.69) is 103 Å². The van der Waals surface area contributed by atoms with Crippen molar-refractivity contribution in [2.45, 2.75) is 0 Å². The summed E-state index contributed by atoms with van der Waals surface area (Å²) in [4.78, 5) is 15.7. The van der Waals surface area contributed by atoms with Crippen molar-refractivity contribution in [3.8, 4) is 56.4 Å². The molecule has 0 saturated carbocycles. The molecule has 0 saturated heterocycles. The number of hydrogen-bond donors (Lipinski definition) is 0. The Bertz CT molecular complexity index is 2560. The van der Waals surface area contributed by atoms with Gasteiger partial charge >= 0.3 is 0 Å². The van der Waals surface area contributed by atoms with Crippen LogP contribution < -0.4 is 0 Å². The number of fused-ring (bicyclic) bond motifs is 4. The van der Waals surface area contributed by atoms with Crippen LogP contribution in [-0.2, 0) is 0 Å². The molecule has 0 aliphatic heterocycles. The summed E-state index contributed by atoms with van der Waals surface area (Å²) in [5.41, 5.74) is 8.87. The first-order valence-corrected chi connectivity index (χ1v) is 15.7. The molecule has 4 heteroatoms. The van der Waals surface area contributed by atoms with Crippen molar-refractivity contribution >= 4 is 32.7 Å². The van der Waals surface area contributed by atoms with Crippen LogP contribution in [0.1, 0.15) is 0 Å². The SMILES string of the molecule is c1ccc(-c2nc(-c3ccc(-c4ccccc4)c4ccccc34)nc(-c3c(-c4ccccc4)ccc4oc5ccccc5c34)n2)cc1. The van der Waals surface area contributed by atoms with Gasteiger partial charge in [-0.1, -0.05) is 140 Å². The van der Waals surface area contributed by atoms with Gasteiger partial charge in [0.2, 0.25) is 0 Å². The van der Waals surface area contributed by atoms with Crippen LogP contribution in [0.5, 0.6) is 0 Å². The summed E-state index contributed by atoms with van der Waals surface area (Å²) in [5.74, 6) is 1.83. The third kappa shape index (κ3) is 4.66. The third-order valence-electron chi connectivity index (χ3n) is 8.77. The lowest BCUT2D eigenvalue weighted by molar-refractivity contribution is 0.669. The molecule has 0 N–H and O–H groups in total. The van der Waals surface area contributed by atoms with Crippen molar-refractivity contribution < 1.29 is 4.42 Å². The van der Waals surface area contributed by atoms with E-state index >= 15 is 0 Å². The number of para-hydroxylation sites is 1. The molecule has 0 aliphatic rings. The fourth-order valence-corrected chi connectivity index (χ4v) is 6.60. The Labute approximate surface area is 271 Å². The Balaban J connectivity index is 1.37. The van der Waals surface area contributed by atoms with Crippen LogP contribution in [0.2, 0.25) is 0 Å². The van der Waals surface area contributed by atoms with Gasteiger partial charge in [-0.3, -0.25) is 0 Å². The van der Waals surface area contributed by atoms with E-state index in [9.17, 15) is 0 Å². The van der Waals surface area contributed by atoms with Crippen LogP contribution in [-0.4, -0.2) is 15.0 Å². The van der Waals surface area contributed by atoms with Crippen LogP contribution >= 0.6 is 0 Å². The second-order valence-electron chi connectivity index (χ2n) is 11.6. The number of hydrogen-bond acceptors (Lipinski definition) is 4. The maximum Gasteiger partial charge on any atom is 0.165 e. The molecular formula is C43H27N3O. The second-order valence-corrected chi connectivity index (χ2v) is 11.6. The summed E-state index contributed by atoms with van der Waals surface area (Å²) in [6.07, 6.45) is 0. The summed E-state index contributed by atoms with van der Waals surface area (Å²) >= 11 is 0. The van der Waals surface area contributed by atoms with Gasteiger partial charge in [0, 0.05) is 27.5 Å². The zero-order chi connectivity index (χ0) is 31.2. The number of nitrogens with zero attached hydrogens (tertiary/aromatic N) is 3. The Morgan fingerprint density at radius 3 is 1.51 bits per heavy atom. The van der Waals surface area contributed by atoms with Crippen LogP contribution in [0.15, 0.2) is 168 Å². The third-order valence-corrected chi connectivity index (χ3v) is 8.77. The number of benzene rings is 7. The monoisotopic (exact) mass is 601 g/mol. The maximum atomic E-state index is 6.38. The average molecular weight is 602 g/mol. The molecular weight excluding hydrogens is 574 g/mol. The first kappa shape index (κ1) is 27.0. The van der Waals surface area contributed by atoms with Gasteiger partial charge in [-0.15, -0.1) is 0 Å². The lowest BCUT2D eigenvalue weighted by atomic mass is 9.94. The fraction of sp³-hybridized carbons (Fsp3) is 0. The number of rotatable bonds is 5. The maximum absolute atomic E-state index is 6.38. The van der Waals surface area contributed by atoms with E-state index in [1.807, 2.05) is 60.7 Å². The predicted octanol–water partition coefficient (Wildman–Crippen LogP) is 11.3. The lowest BCUT2D eigenvalue weighted by Crippen LogP contribution is -2.02. The summed E-state index contributed by atoms with van der Waals surface area (Å²) < 4.78 is 6.38.